The predicted octanol–water partition coefficient (Wildman–Crippen LogP) is 4.07. The zero-order valence-corrected chi connectivity index (χ0v) is 18.3. The summed E-state index contributed by atoms with van der Waals surface area (Å²) in [7, 11) is 8.39. The molecule has 0 bridgehead atoms. The molecule has 0 unspecified atom stereocenters. The van der Waals surface area contributed by atoms with Gasteiger partial charge in [-0.3, -0.25) is 0 Å². The molecule has 2 nitrogen and oxygen atoms in total. The molecule has 136 valence electrons. The summed E-state index contributed by atoms with van der Waals surface area (Å²) in [5.41, 5.74) is 6.61. The molecule has 0 saturated carbocycles. The Labute approximate surface area is 167 Å². The molecule has 1 heterocycles. The van der Waals surface area contributed by atoms with Crippen molar-refractivity contribution in [3.8, 4) is 21.1 Å². The fourth-order valence-electron chi connectivity index (χ4n) is 3.50. The van der Waals surface area contributed by atoms with Crippen LogP contribution in [0.4, 0.5) is 5.69 Å². The third kappa shape index (κ3) is 3.34. The van der Waals surface area contributed by atoms with Gasteiger partial charge in [0.25, 0.3) is 0 Å². The number of benzene rings is 3. The molecule has 2 aliphatic rings. The molecule has 0 amide bonds. The summed E-state index contributed by atoms with van der Waals surface area (Å²) in [6.45, 7) is 2.19. The summed E-state index contributed by atoms with van der Waals surface area (Å²) in [5.74, 6) is 0. The molecular weight excluding hydrogens is 395 g/mol. The van der Waals surface area contributed by atoms with Crippen LogP contribution in [0.1, 0.15) is 5.56 Å². The zero-order chi connectivity index (χ0) is 19.1. The van der Waals surface area contributed by atoms with E-state index < -0.39 is 0 Å². The molecule has 2 aromatic carbocycles. The quantitative estimate of drug-likeness (QED) is 0.269. The second-order valence-corrected chi connectivity index (χ2v) is 9.77. The number of anilines is 1. The Hall–Kier alpha value is -2.35. The molecule has 0 atom stereocenters. The summed E-state index contributed by atoms with van der Waals surface area (Å²) in [6, 6.07) is 22.8. The second kappa shape index (κ2) is 6.99. The summed E-state index contributed by atoms with van der Waals surface area (Å²) in [5, 5.41) is 2.66. The molecule has 3 heteroatoms. The Morgan fingerprint density at radius 1 is 0.852 bits per heavy atom. The van der Waals surface area contributed by atoms with Gasteiger partial charge in [0.05, 0.1) is 0 Å². The minimum atomic E-state index is 0.329. The van der Waals surface area contributed by atoms with E-state index in [0.29, 0.717) is 14.5 Å². The molecule has 1 aliphatic heterocycles. The Morgan fingerprint density at radius 3 is 2.26 bits per heavy atom. The Balaban J connectivity index is 2.08. The number of hydrogen-bond acceptors (Lipinski definition) is 1. The van der Waals surface area contributed by atoms with Crippen molar-refractivity contribution in [3.63, 3.8) is 0 Å². The van der Waals surface area contributed by atoms with Crippen LogP contribution in [0.15, 0.2) is 60.7 Å². The third-order valence-corrected chi connectivity index (χ3v) is 7.39. The first kappa shape index (κ1) is 18.0. The fourth-order valence-corrected chi connectivity index (χ4v) is 6.06. The molecule has 4 rings (SSSR count). The van der Waals surface area contributed by atoms with Crippen LogP contribution in [-0.2, 0) is 0 Å². The number of nitrogens with zero attached hydrogens (tertiary/aromatic N) is 2. The first-order chi connectivity index (χ1) is 12.9. The van der Waals surface area contributed by atoms with Gasteiger partial charge >= 0.3 is 167 Å². The van der Waals surface area contributed by atoms with E-state index in [0.717, 1.165) is 0 Å². The van der Waals surface area contributed by atoms with Crippen molar-refractivity contribution in [1.29, 1.82) is 0 Å². The molecule has 27 heavy (non-hydrogen) atoms. The summed E-state index contributed by atoms with van der Waals surface area (Å²) in [4.78, 5) is 2.15. The van der Waals surface area contributed by atoms with Crippen LogP contribution in [0.2, 0.25) is 0 Å². The number of aryl methyl sites for hydroxylation is 1. The van der Waals surface area contributed by atoms with Crippen molar-refractivity contribution in [1.82, 2.24) is 4.58 Å². The Kier molecular flexibility index (Phi) is 4.67. The van der Waals surface area contributed by atoms with Crippen molar-refractivity contribution < 1.29 is 0 Å². The van der Waals surface area contributed by atoms with Crippen LogP contribution in [-0.4, -0.2) is 42.7 Å². The second-order valence-electron chi connectivity index (χ2n) is 7.49. The zero-order valence-electron chi connectivity index (χ0n) is 16.6. The maximum atomic E-state index is 2.37. The van der Waals surface area contributed by atoms with Crippen molar-refractivity contribution in [2.45, 2.75) is 6.92 Å². The van der Waals surface area contributed by atoms with Gasteiger partial charge in [-0.25, -0.2) is 0 Å². The molecule has 0 aromatic heterocycles. The monoisotopic (exact) mass is 421 g/mol. The topological polar surface area (TPSA) is 6.25 Å². The van der Waals surface area contributed by atoms with Gasteiger partial charge < -0.3 is 0 Å². The van der Waals surface area contributed by atoms with Crippen LogP contribution >= 0.6 is 0 Å². The third-order valence-electron chi connectivity index (χ3n) is 5.05. The number of rotatable bonds is 2. The van der Waals surface area contributed by atoms with E-state index in [-0.39, 0.29) is 0 Å². The first-order valence-corrected chi connectivity index (χ1v) is 10.9. The van der Waals surface area contributed by atoms with Crippen molar-refractivity contribution in [2.75, 3.05) is 33.1 Å². The molecule has 0 radical (unpaired) electrons. The predicted molar refractivity (Wildman–Crippen MR) is 119 cm³/mol. The summed E-state index contributed by atoms with van der Waals surface area (Å²) >= 11 is 0.329. The minimum absolute atomic E-state index is 0.329. The van der Waals surface area contributed by atoms with Gasteiger partial charge in [-0.2, -0.15) is 0 Å². The van der Waals surface area contributed by atoms with Gasteiger partial charge in [-0.05, 0) is 0 Å². The van der Waals surface area contributed by atoms with E-state index >= 15 is 0 Å². The molecule has 1 aliphatic carbocycles. The van der Waals surface area contributed by atoms with E-state index in [1.807, 2.05) is 0 Å². The van der Waals surface area contributed by atoms with Gasteiger partial charge in [0.2, 0.25) is 0 Å². The normalized spacial score (nSPS) is 11.1. The van der Waals surface area contributed by atoms with Crippen LogP contribution in [0.25, 0.3) is 30.8 Å². The van der Waals surface area contributed by atoms with Gasteiger partial charge in [0.15, 0.2) is 0 Å². The van der Waals surface area contributed by atoms with Gasteiger partial charge in [-0.1, -0.05) is 0 Å². The SMILES string of the molecule is Cc1ccc2c(-c3ccc(N(C)C)cc3)c3ccc(=[N+](C)C)cc-3[se]c2c1. The van der Waals surface area contributed by atoms with Crippen molar-refractivity contribution >= 4 is 29.8 Å². The van der Waals surface area contributed by atoms with Crippen LogP contribution in [0.3, 0.4) is 0 Å². The van der Waals surface area contributed by atoms with Crippen LogP contribution in [0.5, 0.6) is 0 Å². The average Bonchev–Trinajstić information content (AvgIpc) is 2.65. The van der Waals surface area contributed by atoms with E-state index in [9.17, 15) is 0 Å². The maximum absolute atomic E-state index is 2.37. The average molecular weight is 420 g/mol. The van der Waals surface area contributed by atoms with Crippen molar-refractivity contribution in [2.24, 2.45) is 0 Å². The van der Waals surface area contributed by atoms with Crippen LogP contribution in [0, 0.1) is 6.92 Å². The van der Waals surface area contributed by atoms with E-state index in [4.69, 9.17) is 0 Å². The summed E-state index contributed by atoms with van der Waals surface area (Å²) < 4.78 is 5.14. The van der Waals surface area contributed by atoms with Gasteiger partial charge in [0.1, 0.15) is 0 Å². The number of hydrogen-bond donors (Lipinski definition) is 0. The first-order valence-electron chi connectivity index (χ1n) is 9.19. The van der Waals surface area contributed by atoms with E-state index in [1.54, 1.807) is 0 Å². The standard InChI is InChI=1S/C24H25N2Se/c1-16-6-12-20-22(14-16)27-23-15-19(26(4)5)11-13-21(23)24(20)17-7-9-18(10-8-17)25(2)3/h6-15H,1-5H3/q+1. The Morgan fingerprint density at radius 2 is 1.59 bits per heavy atom. The molecule has 0 fully saturated rings. The van der Waals surface area contributed by atoms with Gasteiger partial charge in [0, 0.05) is 0 Å². The molecular formula is C24H25N2Se+. The summed E-state index contributed by atoms with van der Waals surface area (Å²) in [6.07, 6.45) is 0. The Bertz CT molecular complexity index is 1160. The van der Waals surface area contributed by atoms with E-state index in [2.05, 4.69) is 105 Å². The fraction of sp³-hybridized carbons (Fsp3) is 0.208. The van der Waals surface area contributed by atoms with E-state index in [1.165, 1.54) is 47.4 Å². The molecule has 0 N–H and O–H groups in total. The van der Waals surface area contributed by atoms with Crippen LogP contribution < -0.4 is 14.8 Å². The molecule has 0 spiro atoms. The molecule has 2 aromatic rings. The van der Waals surface area contributed by atoms with Crippen molar-refractivity contribution in [3.05, 3.63) is 71.6 Å². The van der Waals surface area contributed by atoms with Gasteiger partial charge in [-0.15, -0.1) is 0 Å². The number of fused-ring (bicyclic) bond motifs is 2. The molecule has 0 saturated heterocycles.